The third kappa shape index (κ3) is 6.13. The van der Waals surface area contributed by atoms with E-state index in [0.717, 1.165) is 6.42 Å². The van der Waals surface area contributed by atoms with Crippen molar-refractivity contribution in [3.05, 3.63) is 24.3 Å². The molecule has 9 heteroatoms. The zero-order chi connectivity index (χ0) is 17.7. The Balaban J connectivity index is 0.00000312. The monoisotopic (exact) mass is 378 g/mol. The van der Waals surface area contributed by atoms with Crippen LogP contribution in [0.1, 0.15) is 19.8 Å². The lowest BCUT2D eigenvalue weighted by atomic mass is 9.97. The third-order valence-corrected chi connectivity index (χ3v) is 4.08. The van der Waals surface area contributed by atoms with Crippen molar-refractivity contribution in [3.63, 3.8) is 0 Å². The number of likely N-dealkylation sites (tertiary alicyclic amines) is 1. The molecule has 0 aromatic heterocycles. The first-order valence-corrected chi connectivity index (χ1v) is 7.69. The SMILES string of the molecule is CC(C(=O)Nc1ccc(OC(F)F)cc1)N1CCCC(C(=O)O)C1.Cl. The van der Waals surface area contributed by atoms with Gasteiger partial charge in [0.05, 0.1) is 12.0 Å². The van der Waals surface area contributed by atoms with Gasteiger partial charge in [0.2, 0.25) is 5.91 Å². The molecule has 0 spiro atoms. The normalized spacial score (nSPS) is 19.0. The minimum atomic E-state index is -2.90. The van der Waals surface area contributed by atoms with Crippen molar-refractivity contribution in [2.75, 3.05) is 18.4 Å². The summed E-state index contributed by atoms with van der Waals surface area (Å²) in [6.45, 7) is -0.176. The zero-order valence-corrected chi connectivity index (χ0v) is 14.5. The number of piperidine rings is 1. The number of nitrogens with zero attached hydrogens (tertiary/aromatic N) is 1. The quantitative estimate of drug-likeness (QED) is 0.795. The van der Waals surface area contributed by atoms with Crippen LogP contribution in [0.2, 0.25) is 0 Å². The van der Waals surface area contributed by atoms with Gasteiger partial charge in [-0.15, -0.1) is 12.4 Å². The van der Waals surface area contributed by atoms with Gasteiger partial charge >= 0.3 is 12.6 Å². The smallest absolute Gasteiger partial charge is 0.387 e. The lowest BCUT2D eigenvalue weighted by Crippen LogP contribution is -2.48. The molecule has 140 valence electrons. The van der Waals surface area contributed by atoms with Gasteiger partial charge in [-0.2, -0.15) is 8.78 Å². The molecule has 1 fully saturated rings. The van der Waals surface area contributed by atoms with E-state index in [1.807, 2.05) is 4.90 Å². The molecule has 2 atom stereocenters. The van der Waals surface area contributed by atoms with Gasteiger partial charge < -0.3 is 15.2 Å². The number of amides is 1. The van der Waals surface area contributed by atoms with Crippen LogP contribution < -0.4 is 10.1 Å². The van der Waals surface area contributed by atoms with Crippen LogP contribution in [-0.4, -0.2) is 47.6 Å². The van der Waals surface area contributed by atoms with E-state index in [4.69, 9.17) is 5.11 Å². The molecule has 0 bridgehead atoms. The second kappa shape index (κ2) is 9.53. The van der Waals surface area contributed by atoms with Crippen LogP contribution in [0, 0.1) is 5.92 Å². The van der Waals surface area contributed by atoms with Gasteiger partial charge in [0.25, 0.3) is 0 Å². The molecule has 2 N–H and O–H groups in total. The fraction of sp³-hybridized carbons (Fsp3) is 0.500. The Bertz CT molecular complexity index is 586. The minimum absolute atomic E-state index is 0. The summed E-state index contributed by atoms with van der Waals surface area (Å²) in [4.78, 5) is 25.2. The van der Waals surface area contributed by atoms with E-state index in [1.54, 1.807) is 6.92 Å². The molecule has 25 heavy (non-hydrogen) atoms. The van der Waals surface area contributed by atoms with E-state index >= 15 is 0 Å². The van der Waals surface area contributed by atoms with E-state index in [9.17, 15) is 18.4 Å². The summed E-state index contributed by atoms with van der Waals surface area (Å²) < 4.78 is 28.4. The summed E-state index contributed by atoms with van der Waals surface area (Å²) in [5.41, 5.74) is 0.459. The fourth-order valence-electron chi connectivity index (χ4n) is 2.69. The fourth-order valence-corrected chi connectivity index (χ4v) is 2.69. The molecule has 6 nitrogen and oxygen atoms in total. The van der Waals surface area contributed by atoms with Crippen molar-refractivity contribution in [1.29, 1.82) is 0 Å². The van der Waals surface area contributed by atoms with Crippen LogP contribution in [0.3, 0.4) is 0 Å². The molecule has 1 heterocycles. The predicted molar refractivity (Wildman–Crippen MR) is 90.3 cm³/mol. The first-order chi connectivity index (χ1) is 11.4. The number of ether oxygens (including phenoxy) is 1. The Hall–Kier alpha value is -1.93. The molecule has 0 aliphatic carbocycles. The molecule has 0 radical (unpaired) electrons. The first-order valence-electron chi connectivity index (χ1n) is 7.69. The average molecular weight is 379 g/mol. The Kier molecular flexibility index (Phi) is 8.05. The number of carbonyl (C=O) groups is 2. The molecule has 1 saturated heterocycles. The van der Waals surface area contributed by atoms with Gasteiger partial charge in [0.1, 0.15) is 5.75 Å². The van der Waals surface area contributed by atoms with Crippen molar-refractivity contribution >= 4 is 30.0 Å². The maximum atomic E-state index is 12.3. The molecule has 1 aliphatic heterocycles. The zero-order valence-electron chi connectivity index (χ0n) is 13.7. The van der Waals surface area contributed by atoms with Crippen molar-refractivity contribution in [1.82, 2.24) is 4.90 Å². The summed E-state index contributed by atoms with van der Waals surface area (Å²) in [5, 5.41) is 11.8. The van der Waals surface area contributed by atoms with Crippen molar-refractivity contribution < 1.29 is 28.2 Å². The van der Waals surface area contributed by atoms with Crippen LogP contribution in [0.5, 0.6) is 5.75 Å². The van der Waals surface area contributed by atoms with E-state index in [-0.39, 0.29) is 24.1 Å². The Morgan fingerprint density at radius 3 is 2.52 bits per heavy atom. The molecule has 2 rings (SSSR count). The van der Waals surface area contributed by atoms with Gasteiger partial charge in [-0.05, 0) is 50.6 Å². The number of hydrogen-bond acceptors (Lipinski definition) is 4. The molecular formula is C16H21ClF2N2O4. The first kappa shape index (κ1) is 21.1. The van der Waals surface area contributed by atoms with Crippen molar-refractivity contribution in [2.24, 2.45) is 5.92 Å². The summed E-state index contributed by atoms with van der Waals surface area (Å²) >= 11 is 0. The molecule has 1 aromatic carbocycles. The van der Waals surface area contributed by atoms with Gasteiger partial charge in [-0.25, -0.2) is 0 Å². The number of rotatable bonds is 6. The van der Waals surface area contributed by atoms with Gasteiger partial charge in [0.15, 0.2) is 0 Å². The number of halogens is 3. The van der Waals surface area contributed by atoms with Crippen LogP contribution in [0.4, 0.5) is 14.5 Å². The molecule has 0 saturated carbocycles. The van der Waals surface area contributed by atoms with E-state index in [0.29, 0.717) is 25.2 Å². The van der Waals surface area contributed by atoms with E-state index < -0.39 is 24.5 Å². The number of hydrogen-bond donors (Lipinski definition) is 2. The molecule has 1 amide bonds. The number of alkyl halides is 2. The van der Waals surface area contributed by atoms with Crippen LogP contribution in [0.25, 0.3) is 0 Å². The number of nitrogens with one attached hydrogen (secondary N) is 1. The summed E-state index contributed by atoms with van der Waals surface area (Å²) in [7, 11) is 0. The summed E-state index contributed by atoms with van der Waals surface area (Å²) in [6.07, 6.45) is 1.35. The highest BCUT2D eigenvalue weighted by atomic mass is 35.5. The number of anilines is 1. The van der Waals surface area contributed by atoms with Gasteiger partial charge in [0, 0.05) is 12.2 Å². The number of aliphatic carboxylic acids is 1. The Labute approximate surface area is 150 Å². The third-order valence-electron chi connectivity index (χ3n) is 4.08. The topological polar surface area (TPSA) is 78.9 Å². The summed E-state index contributed by atoms with van der Waals surface area (Å²) in [6, 6.07) is 5.14. The van der Waals surface area contributed by atoms with Gasteiger partial charge in [-0.3, -0.25) is 14.5 Å². The minimum Gasteiger partial charge on any atom is -0.481 e. The number of carbonyl (C=O) groups excluding carboxylic acids is 1. The lowest BCUT2D eigenvalue weighted by molar-refractivity contribution is -0.144. The standard InChI is InChI=1S/C16H20F2N2O4.ClH/c1-10(20-8-2-3-11(9-20)15(22)23)14(21)19-12-4-6-13(7-5-12)24-16(17)18;/h4-7,10-11,16H,2-3,8-9H2,1H3,(H,19,21)(H,22,23);1H. The average Bonchev–Trinajstić information content (AvgIpc) is 2.55. The highest BCUT2D eigenvalue weighted by molar-refractivity contribution is 5.94. The van der Waals surface area contributed by atoms with Crippen LogP contribution >= 0.6 is 12.4 Å². The van der Waals surface area contributed by atoms with E-state index in [1.165, 1.54) is 24.3 Å². The highest BCUT2D eigenvalue weighted by Crippen LogP contribution is 2.21. The van der Waals surface area contributed by atoms with Gasteiger partial charge in [-0.1, -0.05) is 0 Å². The molecular weight excluding hydrogens is 358 g/mol. The number of carboxylic acid groups (broad SMARTS) is 1. The lowest BCUT2D eigenvalue weighted by Gasteiger charge is -2.34. The largest absolute Gasteiger partial charge is 0.481 e. The number of benzene rings is 1. The maximum Gasteiger partial charge on any atom is 0.387 e. The molecule has 2 unspecified atom stereocenters. The summed E-state index contributed by atoms with van der Waals surface area (Å²) in [5.74, 6) is -1.57. The second-order valence-electron chi connectivity index (χ2n) is 5.74. The highest BCUT2D eigenvalue weighted by Gasteiger charge is 2.30. The Morgan fingerprint density at radius 2 is 1.96 bits per heavy atom. The number of carboxylic acids is 1. The maximum absolute atomic E-state index is 12.3. The van der Waals surface area contributed by atoms with Crippen molar-refractivity contribution in [2.45, 2.75) is 32.4 Å². The predicted octanol–water partition coefficient (Wildman–Crippen LogP) is 2.83. The Morgan fingerprint density at radius 1 is 1.32 bits per heavy atom. The van der Waals surface area contributed by atoms with Crippen LogP contribution in [-0.2, 0) is 9.59 Å². The van der Waals surface area contributed by atoms with Crippen LogP contribution in [0.15, 0.2) is 24.3 Å². The van der Waals surface area contributed by atoms with Crippen molar-refractivity contribution in [3.8, 4) is 5.75 Å². The van der Waals surface area contributed by atoms with E-state index in [2.05, 4.69) is 10.1 Å². The second-order valence-corrected chi connectivity index (χ2v) is 5.74. The molecule has 1 aliphatic rings. The molecule has 1 aromatic rings.